The molecular formula is C24H23NO4S. The largest absolute Gasteiger partial charge is 0.303 e. The van der Waals surface area contributed by atoms with Gasteiger partial charge in [-0.15, -0.1) is 0 Å². The molecule has 0 aromatic heterocycles. The molecule has 0 amide bonds. The molecule has 3 aromatic rings. The van der Waals surface area contributed by atoms with Crippen molar-refractivity contribution in [2.24, 2.45) is 5.14 Å². The SMILES string of the molecule is NS(=O)(=O)C(CC=O)c1ccc(CC(C(=O)c2ccccc2)c2ccccc2)cc1. The number of nitrogens with two attached hydrogens (primary N) is 1. The summed E-state index contributed by atoms with van der Waals surface area (Å²) in [5, 5.41) is 4.20. The van der Waals surface area contributed by atoms with Crippen molar-refractivity contribution >= 4 is 22.1 Å². The highest BCUT2D eigenvalue weighted by molar-refractivity contribution is 7.89. The lowest BCUT2D eigenvalue weighted by Crippen LogP contribution is -2.22. The molecule has 2 atom stereocenters. The number of aldehydes is 1. The molecule has 0 saturated carbocycles. The smallest absolute Gasteiger partial charge is 0.216 e. The first kappa shape index (κ1) is 21.6. The number of sulfonamides is 1. The molecule has 3 rings (SSSR count). The molecule has 0 saturated heterocycles. The predicted molar refractivity (Wildman–Crippen MR) is 117 cm³/mol. The Morgan fingerprint density at radius 1 is 0.833 bits per heavy atom. The van der Waals surface area contributed by atoms with E-state index in [0.717, 1.165) is 11.1 Å². The zero-order valence-corrected chi connectivity index (χ0v) is 17.2. The topological polar surface area (TPSA) is 94.3 Å². The normalized spacial score (nSPS) is 13.4. The van der Waals surface area contributed by atoms with Crippen LogP contribution in [-0.4, -0.2) is 20.5 Å². The van der Waals surface area contributed by atoms with E-state index in [9.17, 15) is 18.0 Å². The molecule has 0 aliphatic carbocycles. The Hall–Kier alpha value is -3.09. The van der Waals surface area contributed by atoms with E-state index in [2.05, 4.69) is 0 Å². The quantitative estimate of drug-likeness (QED) is 0.420. The van der Waals surface area contributed by atoms with Crippen molar-refractivity contribution < 1.29 is 18.0 Å². The molecule has 30 heavy (non-hydrogen) atoms. The van der Waals surface area contributed by atoms with Crippen molar-refractivity contribution in [3.05, 3.63) is 107 Å². The minimum atomic E-state index is -3.89. The van der Waals surface area contributed by atoms with E-state index in [0.29, 0.717) is 23.8 Å². The molecule has 154 valence electrons. The van der Waals surface area contributed by atoms with Gasteiger partial charge in [0.1, 0.15) is 11.5 Å². The summed E-state index contributed by atoms with van der Waals surface area (Å²) in [6, 6.07) is 25.6. The maximum Gasteiger partial charge on any atom is 0.216 e. The Balaban J connectivity index is 1.90. The molecule has 0 aliphatic rings. The van der Waals surface area contributed by atoms with E-state index in [1.54, 1.807) is 36.4 Å². The average Bonchev–Trinajstić information content (AvgIpc) is 2.76. The summed E-state index contributed by atoms with van der Waals surface area (Å²) in [6.07, 6.45) is 0.815. The number of hydrogen-bond donors (Lipinski definition) is 1. The fourth-order valence-electron chi connectivity index (χ4n) is 3.50. The molecule has 0 bridgehead atoms. The van der Waals surface area contributed by atoms with Gasteiger partial charge in [0.15, 0.2) is 5.78 Å². The minimum absolute atomic E-state index is 0.0224. The second-order valence-electron chi connectivity index (χ2n) is 7.12. The van der Waals surface area contributed by atoms with Gasteiger partial charge in [0.2, 0.25) is 10.0 Å². The third kappa shape index (κ3) is 5.28. The van der Waals surface area contributed by atoms with Gasteiger partial charge in [0.25, 0.3) is 0 Å². The standard InChI is InChI=1S/C24H23NO4S/c25-30(28,29)23(15-16-26)20-13-11-18(12-14-20)17-22(19-7-3-1-4-8-19)24(27)21-9-5-2-6-10-21/h1-14,16,22-23H,15,17H2,(H2,25,28,29). The van der Waals surface area contributed by atoms with Crippen LogP contribution in [0.15, 0.2) is 84.9 Å². The van der Waals surface area contributed by atoms with E-state index >= 15 is 0 Å². The molecule has 0 radical (unpaired) electrons. The first-order valence-corrected chi connectivity index (χ1v) is 11.2. The number of benzene rings is 3. The summed E-state index contributed by atoms with van der Waals surface area (Å²) in [4.78, 5) is 24.1. The Morgan fingerprint density at radius 2 is 1.40 bits per heavy atom. The Bertz CT molecular complexity index is 1090. The van der Waals surface area contributed by atoms with Gasteiger partial charge in [0.05, 0.1) is 5.92 Å². The van der Waals surface area contributed by atoms with Crippen LogP contribution in [0.25, 0.3) is 0 Å². The van der Waals surface area contributed by atoms with Gasteiger partial charge >= 0.3 is 0 Å². The molecule has 2 N–H and O–H groups in total. The summed E-state index contributed by atoms with van der Waals surface area (Å²) in [7, 11) is -3.89. The minimum Gasteiger partial charge on any atom is -0.303 e. The molecule has 6 heteroatoms. The zero-order chi connectivity index (χ0) is 21.6. The Kier molecular flexibility index (Phi) is 6.92. The van der Waals surface area contributed by atoms with E-state index < -0.39 is 15.3 Å². The Morgan fingerprint density at radius 3 is 1.93 bits per heavy atom. The monoisotopic (exact) mass is 421 g/mol. The van der Waals surface area contributed by atoms with Crippen molar-refractivity contribution in [2.45, 2.75) is 24.0 Å². The first-order chi connectivity index (χ1) is 14.4. The van der Waals surface area contributed by atoms with Crippen LogP contribution in [0, 0.1) is 0 Å². The molecule has 5 nitrogen and oxygen atoms in total. The predicted octanol–water partition coefficient (Wildman–Crippen LogP) is 3.81. The summed E-state index contributed by atoms with van der Waals surface area (Å²) >= 11 is 0. The van der Waals surface area contributed by atoms with Gasteiger partial charge in [0, 0.05) is 12.0 Å². The number of rotatable bonds is 9. The number of carbonyl (C=O) groups excluding carboxylic acids is 2. The van der Waals surface area contributed by atoms with Gasteiger partial charge in [-0.1, -0.05) is 84.9 Å². The number of primary sulfonamides is 1. The highest BCUT2D eigenvalue weighted by Crippen LogP contribution is 2.28. The zero-order valence-electron chi connectivity index (χ0n) is 16.3. The maximum absolute atomic E-state index is 13.2. The summed E-state index contributed by atoms with van der Waals surface area (Å²) < 4.78 is 23.6. The highest BCUT2D eigenvalue weighted by Gasteiger charge is 2.25. The van der Waals surface area contributed by atoms with Crippen molar-refractivity contribution in [2.75, 3.05) is 0 Å². The van der Waals surface area contributed by atoms with Crippen LogP contribution >= 0.6 is 0 Å². The van der Waals surface area contributed by atoms with Crippen LogP contribution in [0.3, 0.4) is 0 Å². The van der Waals surface area contributed by atoms with Gasteiger partial charge in [-0.2, -0.15) is 0 Å². The van der Waals surface area contributed by atoms with Crippen LogP contribution in [-0.2, 0) is 21.2 Å². The van der Waals surface area contributed by atoms with Crippen LogP contribution in [0.2, 0.25) is 0 Å². The lowest BCUT2D eigenvalue weighted by molar-refractivity contribution is -0.107. The first-order valence-electron chi connectivity index (χ1n) is 9.58. The molecule has 3 aromatic carbocycles. The van der Waals surface area contributed by atoms with E-state index in [1.165, 1.54) is 0 Å². The second-order valence-corrected chi connectivity index (χ2v) is 8.87. The summed E-state index contributed by atoms with van der Waals surface area (Å²) in [6.45, 7) is 0. The number of hydrogen-bond acceptors (Lipinski definition) is 4. The fourth-order valence-corrected chi connectivity index (χ4v) is 4.39. The molecular weight excluding hydrogens is 398 g/mol. The molecule has 2 unspecified atom stereocenters. The van der Waals surface area contributed by atoms with Gasteiger partial charge < -0.3 is 4.79 Å². The van der Waals surface area contributed by atoms with Crippen molar-refractivity contribution in [1.29, 1.82) is 0 Å². The van der Waals surface area contributed by atoms with Gasteiger partial charge in [-0.25, -0.2) is 13.6 Å². The van der Waals surface area contributed by atoms with Crippen LogP contribution in [0.5, 0.6) is 0 Å². The molecule has 0 heterocycles. The average molecular weight is 422 g/mol. The summed E-state index contributed by atoms with van der Waals surface area (Å²) in [5.41, 5.74) is 2.90. The molecule has 0 fully saturated rings. The highest BCUT2D eigenvalue weighted by atomic mass is 32.2. The third-order valence-electron chi connectivity index (χ3n) is 5.07. The van der Waals surface area contributed by atoms with Crippen LogP contribution < -0.4 is 5.14 Å². The van der Waals surface area contributed by atoms with E-state index in [1.807, 2.05) is 48.5 Å². The van der Waals surface area contributed by atoms with Gasteiger partial charge in [-0.05, 0) is 23.1 Å². The van der Waals surface area contributed by atoms with Gasteiger partial charge in [-0.3, -0.25) is 4.79 Å². The third-order valence-corrected chi connectivity index (χ3v) is 6.33. The van der Waals surface area contributed by atoms with Crippen LogP contribution in [0.1, 0.15) is 44.6 Å². The number of ketones is 1. The van der Waals surface area contributed by atoms with Crippen molar-refractivity contribution in [1.82, 2.24) is 0 Å². The lowest BCUT2D eigenvalue weighted by Gasteiger charge is -2.18. The van der Waals surface area contributed by atoms with E-state index in [4.69, 9.17) is 5.14 Å². The van der Waals surface area contributed by atoms with Crippen LogP contribution in [0.4, 0.5) is 0 Å². The summed E-state index contributed by atoms with van der Waals surface area (Å²) in [5.74, 6) is -0.349. The number of carbonyl (C=O) groups is 2. The Labute approximate surface area is 176 Å². The molecule has 0 spiro atoms. The fraction of sp³-hybridized carbons (Fsp3) is 0.167. The van der Waals surface area contributed by atoms with Crippen molar-refractivity contribution in [3.63, 3.8) is 0 Å². The second kappa shape index (κ2) is 9.61. The lowest BCUT2D eigenvalue weighted by atomic mass is 9.85. The molecule has 0 aliphatic heterocycles. The van der Waals surface area contributed by atoms with Crippen molar-refractivity contribution in [3.8, 4) is 0 Å². The number of Topliss-reactive ketones (excluding diaryl/α,β-unsaturated/α-hetero) is 1. The van der Waals surface area contributed by atoms with E-state index in [-0.39, 0.29) is 18.1 Å². The maximum atomic E-state index is 13.2.